The molecule has 0 aromatic carbocycles. The predicted molar refractivity (Wildman–Crippen MR) is 60.6 cm³/mol. The third kappa shape index (κ3) is 2.94. The number of anilines is 1. The van der Waals surface area contributed by atoms with Crippen LogP contribution in [0.4, 0.5) is 5.82 Å². The Morgan fingerprint density at radius 1 is 1.53 bits per heavy atom. The first-order valence-corrected chi connectivity index (χ1v) is 5.01. The van der Waals surface area contributed by atoms with Crippen LogP contribution in [-0.4, -0.2) is 42.0 Å². The van der Waals surface area contributed by atoms with E-state index in [-0.39, 0.29) is 0 Å². The lowest BCUT2D eigenvalue weighted by Crippen LogP contribution is -2.23. The Morgan fingerprint density at radius 3 is 2.67 bits per heavy atom. The third-order valence-electron chi connectivity index (χ3n) is 2.50. The van der Waals surface area contributed by atoms with Gasteiger partial charge in [-0.2, -0.15) is 5.10 Å². The first-order valence-electron chi connectivity index (χ1n) is 5.01. The number of methoxy groups -OCH3 is 1. The zero-order valence-electron chi connectivity index (χ0n) is 9.95. The number of rotatable bonds is 5. The SMILES string of the molecule is COCCN(C)Cc1c(C)nn(C)c1N. The fourth-order valence-electron chi connectivity index (χ4n) is 1.51. The van der Waals surface area contributed by atoms with Crippen molar-refractivity contribution in [2.24, 2.45) is 7.05 Å². The van der Waals surface area contributed by atoms with Crippen LogP contribution in [0.2, 0.25) is 0 Å². The average molecular weight is 212 g/mol. The quantitative estimate of drug-likeness (QED) is 0.767. The molecular weight excluding hydrogens is 192 g/mol. The molecule has 0 radical (unpaired) electrons. The molecule has 0 aliphatic heterocycles. The van der Waals surface area contributed by atoms with E-state index in [9.17, 15) is 0 Å². The van der Waals surface area contributed by atoms with Gasteiger partial charge in [0.1, 0.15) is 5.82 Å². The summed E-state index contributed by atoms with van der Waals surface area (Å²) >= 11 is 0. The number of aromatic nitrogens is 2. The number of nitrogen functional groups attached to an aromatic ring is 1. The van der Waals surface area contributed by atoms with Gasteiger partial charge in [0.25, 0.3) is 0 Å². The number of hydrogen-bond acceptors (Lipinski definition) is 4. The summed E-state index contributed by atoms with van der Waals surface area (Å²) in [7, 11) is 5.61. The van der Waals surface area contributed by atoms with E-state index < -0.39 is 0 Å². The van der Waals surface area contributed by atoms with Crippen LogP contribution in [0.1, 0.15) is 11.3 Å². The molecule has 0 amide bonds. The molecule has 0 aliphatic rings. The molecule has 1 rings (SSSR count). The summed E-state index contributed by atoms with van der Waals surface area (Å²) < 4.78 is 6.74. The molecule has 0 saturated carbocycles. The standard InChI is InChI=1S/C10H20N4O/c1-8-9(10(11)14(3)12-8)7-13(2)5-6-15-4/h5-7,11H2,1-4H3. The van der Waals surface area contributed by atoms with Crippen molar-refractivity contribution >= 4 is 5.82 Å². The monoisotopic (exact) mass is 212 g/mol. The normalized spacial score (nSPS) is 11.3. The minimum absolute atomic E-state index is 0.732. The number of likely N-dealkylation sites (N-methyl/N-ethyl adjacent to an activating group) is 1. The maximum absolute atomic E-state index is 5.92. The van der Waals surface area contributed by atoms with Crippen LogP contribution in [0, 0.1) is 6.92 Å². The molecular formula is C10H20N4O. The van der Waals surface area contributed by atoms with E-state index in [1.165, 1.54) is 0 Å². The van der Waals surface area contributed by atoms with Gasteiger partial charge in [0.15, 0.2) is 0 Å². The van der Waals surface area contributed by atoms with Gasteiger partial charge in [0.05, 0.1) is 12.3 Å². The summed E-state index contributed by atoms with van der Waals surface area (Å²) in [5, 5.41) is 4.28. The van der Waals surface area contributed by atoms with Gasteiger partial charge in [-0.15, -0.1) is 0 Å². The van der Waals surface area contributed by atoms with Crippen LogP contribution < -0.4 is 5.73 Å². The molecule has 5 heteroatoms. The minimum Gasteiger partial charge on any atom is -0.384 e. The van der Waals surface area contributed by atoms with Gasteiger partial charge in [-0.1, -0.05) is 0 Å². The fourth-order valence-corrected chi connectivity index (χ4v) is 1.51. The number of nitrogens with zero attached hydrogens (tertiary/aromatic N) is 3. The highest BCUT2D eigenvalue weighted by atomic mass is 16.5. The summed E-state index contributed by atoms with van der Waals surface area (Å²) in [6, 6.07) is 0. The molecule has 86 valence electrons. The van der Waals surface area contributed by atoms with E-state index in [1.807, 2.05) is 21.0 Å². The Bertz CT molecular complexity index is 321. The van der Waals surface area contributed by atoms with Crippen LogP contribution in [-0.2, 0) is 18.3 Å². The number of aryl methyl sites for hydroxylation is 2. The molecule has 0 fully saturated rings. The van der Waals surface area contributed by atoms with Crippen molar-refractivity contribution < 1.29 is 4.74 Å². The van der Waals surface area contributed by atoms with E-state index in [4.69, 9.17) is 10.5 Å². The molecule has 1 aromatic rings. The minimum atomic E-state index is 0.732. The molecule has 0 aliphatic carbocycles. The Morgan fingerprint density at radius 2 is 2.20 bits per heavy atom. The maximum Gasteiger partial charge on any atom is 0.126 e. The number of hydrogen-bond donors (Lipinski definition) is 1. The van der Waals surface area contributed by atoms with E-state index >= 15 is 0 Å². The lowest BCUT2D eigenvalue weighted by Gasteiger charge is -2.15. The number of ether oxygens (including phenoxy) is 1. The molecule has 5 nitrogen and oxygen atoms in total. The van der Waals surface area contributed by atoms with Crippen molar-refractivity contribution in [3.63, 3.8) is 0 Å². The van der Waals surface area contributed by atoms with Crippen LogP contribution in [0.3, 0.4) is 0 Å². The summed E-state index contributed by atoms with van der Waals surface area (Å²) in [5.41, 5.74) is 8.03. The van der Waals surface area contributed by atoms with Gasteiger partial charge in [-0.05, 0) is 14.0 Å². The molecule has 0 atom stereocenters. The van der Waals surface area contributed by atoms with Crippen molar-refractivity contribution in [3.8, 4) is 0 Å². The summed E-state index contributed by atoms with van der Waals surface area (Å²) in [4.78, 5) is 2.17. The van der Waals surface area contributed by atoms with Gasteiger partial charge >= 0.3 is 0 Å². The highest BCUT2D eigenvalue weighted by Gasteiger charge is 2.11. The molecule has 0 saturated heterocycles. The van der Waals surface area contributed by atoms with Crippen molar-refractivity contribution in [2.75, 3.05) is 33.0 Å². The zero-order chi connectivity index (χ0) is 11.4. The van der Waals surface area contributed by atoms with Crippen LogP contribution >= 0.6 is 0 Å². The predicted octanol–water partition coefficient (Wildman–Crippen LogP) is 0.389. The van der Waals surface area contributed by atoms with Gasteiger partial charge in [-0.3, -0.25) is 9.58 Å². The Hall–Kier alpha value is -1.07. The molecule has 15 heavy (non-hydrogen) atoms. The van der Waals surface area contributed by atoms with Crippen molar-refractivity contribution in [2.45, 2.75) is 13.5 Å². The summed E-state index contributed by atoms with van der Waals surface area (Å²) in [5.74, 6) is 0.747. The van der Waals surface area contributed by atoms with E-state index in [0.29, 0.717) is 0 Å². The molecule has 0 spiro atoms. The largest absolute Gasteiger partial charge is 0.384 e. The molecule has 1 heterocycles. The summed E-state index contributed by atoms with van der Waals surface area (Å²) in [6.45, 7) is 4.42. The number of nitrogens with two attached hydrogens (primary N) is 1. The lowest BCUT2D eigenvalue weighted by atomic mass is 10.2. The smallest absolute Gasteiger partial charge is 0.126 e. The van der Waals surface area contributed by atoms with Gasteiger partial charge in [0.2, 0.25) is 0 Å². The highest BCUT2D eigenvalue weighted by Crippen LogP contribution is 2.16. The third-order valence-corrected chi connectivity index (χ3v) is 2.50. The Balaban J connectivity index is 2.63. The second-order valence-electron chi connectivity index (χ2n) is 3.80. The van der Waals surface area contributed by atoms with Crippen molar-refractivity contribution in [1.82, 2.24) is 14.7 Å². The van der Waals surface area contributed by atoms with Gasteiger partial charge in [-0.25, -0.2) is 0 Å². The zero-order valence-corrected chi connectivity index (χ0v) is 9.95. The lowest BCUT2D eigenvalue weighted by molar-refractivity contribution is 0.158. The summed E-state index contributed by atoms with van der Waals surface area (Å²) in [6.07, 6.45) is 0. The second kappa shape index (κ2) is 5.14. The first-order chi connectivity index (χ1) is 7.06. The van der Waals surface area contributed by atoms with Crippen LogP contribution in [0.25, 0.3) is 0 Å². The van der Waals surface area contributed by atoms with Gasteiger partial charge in [0, 0.05) is 32.8 Å². The molecule has 2 N–H and O–H groups in total. The second-order valence-corrected chi connectivity index (χ2v) is 3.80. The highest BCUT2D eigenvalue weighted by molar-refractivity contribution is 5.42. The Kier molecular flexibility index (Phi) is 4.11. The first kappa shape index (κ1) is 12.0. The fraction of sp³-hybridized carbons (Fsp3) is 0.700. The van der Waals surface area contributed by atoms with Crippen LogP contribution in [0.15, 0.2) is 0 Å². The Labute approximate surface area is 90.8 Å². The van der Waals surface area contributed by atoms with Crippen molar-refractivity contribution in [1.29, 1.82) is 0 Å². The van der Waals surface area contributed by atoms with Crippen molar-refractivity contribution in [3.05, 3.63) is 11.3 Å². The van der Waals surface area contributed by atoms with Crippen LogP contribution in [0.5, 0.6) is 0 Å². The topological polar surface area (TPSA) is 56.3 Å². The molecule has 0 unspecified atom stereocenters. The van der Waals surface area contributed by atoms with E-state index in [1.54, 1.807) is 11.8 Å². The molecule has 1 aromatic heterocycles. The average Bonchev–Trinajstić information content (AvgIpc) is 2.42. The van der Waals surface area contributed by atoms with E-state index in [0.717, 1.165) is 36.8 Å². The van der Waals surface area contributed by atoms with E-state index in [2.05, 4.69) is 10.00 Å². The molecule has 0 bridgehead atoms. The maximum atomic E-state index is 5.92. The van der Waals surface area contributed by atoms with Gasteiger partial charge < -0.3 is 10.5 Å².